The van der Waals surface area contributed by atoms with E-state index in [2.05, 4.69) is 16.7 Å². The molecule has 0 aromatic heterocycles. The maximum absolute atomic E-state index is 12.4. The van der Waals surface area contributed by atoms with Crippen LogP contribution in [0.3, 0.4) is 0 Å². The van der Waals surface area contributed by atoms with Crippen LogP contribution in [0.4, 0.5) is 29.3 Å². The summed E-state index contributed by atoms with van der Waals surface area (Å²) < 4.78 is 37.3. The minimum atomic E-state index is -4.20. The molecule has 148 valence electrons. The molecule has 0 saturated carbocycles. The quantitative estimate of drug-likeness (QED) is 0.820. The Bertz CT molecular complexity index is 727. The monoisotopic (exact) mass is 383 g/mol. The first kappa shape index (κ1) is 20.8. The minimum absolute atomic E-state index is 0.0219. The normalized spacial score (nSPS) is 17.4. The van der Waals surface area contributed by atoms with Crippen molar-refractivity contribution < 1.29 is 18.0 Å². The summed E-state index contributed by atoms with van der Waals surface area (Å²) in [7, 11) is 3.74. The van der Waals surface area contributed by atoms with Gasteiger partial charge >= 0.3 is 12.2 Å². The second kappa shape index (κ2) is 8.48. The highest BCUT2D eigenvalue weighted by Gasteiger charge is 2.34. The number of urea groups is 1. The molecule has 1 saturated heterocycles. The maximum atomic E-state index is 12.4. The van der Waals surface area contributed by atoms with Crippen molar-refractivity contribution >= 4 is 17.4 Å². The van der Waals surface area contributed by atoms with Crippen LogP contribution in [-0.4, -0.2) is 57.4 Å². The highest BCUT2D eigenvalue weighted by Crippen LogP contribution is 2.26. The molecule has 27 heavy (non-hydrogen) atoms. The summed E-state index contributed by atoms with van der Waals surface area (Å²) in [6, 6.07) is 5.03. The number of nitriles is 1. The Morgan fingerprint density at radius 1 is 1.41 bits per heavy atom. The summed E-state index contributed by atoms with van der Waals surface area (Å²) >= 11 is 0. The number of nitrogens with zero attached hydrogens (tertiary/aromatic N) is 3. The Hall–Kier alpha value is -2.47. The van der Waals surface area contributed by atoms with E-state index in [-0.39, 0.29) is 12.5 Å². The number of hydrogen-bond acceptors (Lipinski definition) is 4. The number of likely N-dealkylation sites (tertiary alicyclic amines) is 1. The third-order valence-electron chi connectivity index (χ3n) is 4.51. The number of halogens is 3. The van der Waals surface area contributed by atoms with Crippen LogP contribution in [0.5, 0.6) is 0 Å². The summed E-state index contributed by atoms with van der Waals surface area (Å²) in [5.74, 6) is -0.0219. The van der Waals surface area contributed by atoms with Gasteiger partial charge in [-0.15, -0.1) is 0 Å². The molecule has 1 aromatic rings. The number of carbonyl (C=O) groups is 1. The lowest BCUT2D eigenvalue weighted by molar-refractivity contribution is -0.143. The summed E-state index contributed by atoms with van der Waals surface area (Å²) in [6.07, 6.45) is -3.60. The largest absolute Gasteiger partial charge is 0.401 e. The highest BCUT2D eigenvalue weighted by molar-refractivity contribution is 5.91. The molecule has 0 aliphatic carbocycles. The van der Waals surface area contributed by atoms with Crippen LogP contribution in [0.1, 0.15) is 17.5 Å². The van der Waals surface area contributed by atoms with Crippen molar-refractivity contribution in [3.05, 3.63) is 23.3 Å². The van der Waals surface area contributed by atoms with Crippen LogP contribution in [0.25, 0.3) is 0 Å². The minimum Gasteiger partial charge on any atom is -0.377 e. The van der Waals surface area contributed by atoms with Crippen molar-refractivity contribution in [2.24, 2.45) is 5.92 Å². The molecule has 1 fully saturated rings. The number of rotatable bonds is 5. The summed E-state index contributed by atoms with van der Waals surface area (Å²) in [5.41, 5.74) is 2.54. The maximum Gasteiger partial charge on any atom is 0.401 e. The third kappa shape index (κ3) is 6.03. The Balaban J connectivity index is 1.90. The van der Waals surface area contributed by atoms with E-state index in [1.807, 2.05) is 25.9 Å². The number of benzene rings is 1. The molecule has 1 heterocycles. The van der Waals surface area contributed by atoms with Gasteiger partial charge in [0.25, 0.3) is 0 Å². The molecule has 0 bridgehead atoms. The van der Waals surface area contributed by atoms with Crippen LogP contribution in [0.2, 0.25) is 0 Å². The predicted molar refractivity (Wildman–Crippen MR) is 97.8 cm³/mol. The average Bonchev–Trinajstić information content (AvgIpc) is 2.98. The fourth-order valence-corrected chi connectivity index (χ4v) is 3.25. The number of hydrogen-bond donors (Lipinski definition) is 2. The van der Waals surface area contributed by atoms with Gasteiger partial charge in [0.2, 0.25) is 0 Å². The molecular formula is C18H24F3N5O. The lowest BCUT2D eigenvalue weighted by Gasteiger charge is -2.19. The van der Waals surface area contributed by atoms with Crippen LogP contribution in [-0.2, 0) is 0 Å². The van der Waals surface area contributed by atoms with Gasteiger partial charge in [0.15, 0.2) is 0 Å². The molecule has 1 unspecified atom stereocenters. The Labute approximate surface area is 156 Å². The molecule has 6 nitrogen and oxygen atoms in total. The summed E-state index contributed by atoms with van der Waals surface area (Å²) in [6.45, 7) is 1.93. The van der Waals surface area contributed by atoms with Gasteiger partial charge in [0, 0.05) is 32.9 Å². The van der Waals surface area contributed by atoms with Crippen LogP contribution in [0.15, 0.2) is 12.1 Å². The molecule has 1 aliphatic rings. The van der Waals surface area contributed by atoms with E-state index in [9.17, 15) is 23.2 Å². The van der Waals surface area contributed by atoms with Gasteiger partial charge in [-0.25, -0.2) is 4.79 Å². The number of amides is 2. The van der Waals surface area contributed by atoms with Crippen LogP contribution < -0.4 is 15.5 Å². The molecule has 0 spiro atoms. The average molecular weight is 383 g/mol. The molecule has 1 aromatic carbocycles. The Kier molecular flexibility index (Phi) is 6.54. The lowest BCUT2D eigenvalue weighted by atomic mass is 10.1. The van der Waals surface area contributed by atoms with Crippen molar-refractivity contribution in [1.82, 2.24) is 10.2 Å². The van der Waals surface area contributed by atoms with Gasteiger partial charge in [0.1, 0.15) is 6.07 Å². The van der Waals surface area contributed by atoms with E-state index in [4.69, 9.17) is 0 Å². The van der Waals surface area contributed by atoms with Crippen molar-refractivity contribution in [2.45, 2.75) is 19.5 Å². The van der Waals surface area contributed by atoms with Gasteiger partial charge in [-0.05, 0) is 43.5 Å². The predicted octanol–water partition coefficient (Wildman–Crippen LogP) is 2.94. The molecule has 2 amide bonds. The van der Waals surface area contributed by atoms with Gasteiger partial charge in [0.05, 0.1) is 17.8 Å². The highest BCUT2D eigenvalue weighted by atomic mass is 19.4. The van der Waals surface area contributed by atoms with Crippen LogP contribution >= 0.6 is 0 Å². The van der Waals surface area contributed by atoms with Gasteiger partial charge < -0.3 is 15.5 Å². The fourth-order valence-electron chi connectivity index (χ4n) is 3.25. The van der Waals surface area contributed by atoms with Crippen LogP contribution in [0, 0.1) is 24.2 Å². The van der Waals surface area contributed by atoms with Gasteiger partial charge in [-0.1, -0.05) is 0 Å². The zero-order valence-electron chi connectivity index (χ0n) is 15.7. The molecule has 1 atom stereocenters. The van der Waals surface area contributed by atoms with Crippen molar-refractivity contribution in [3.63, 3.8) is 0 Å². The number of nitrogens with one attached hydrogen (secondary N) is 2. The zero-order chi connectivity index (χ0) is 20.2. The molecule has 2 rings (SSSR count). The van der Waals surface area contributed by atoms with Crippen molar-refractivity contribution in [1.29, 1.82) is 5.26 Å². The number of alkyl halides is 3. The molecule has 1 aliphatic heterocycles. The molecule has 2 N–H and O–H groups in total. The van der Waals surface area contributed by atoms with E-state index in [1.54, 1.807) is 12.1 Å². The van der Waals surface area contributed by atoms with Crippen molar-refractivity contribution in [3.8, 4) is 6.07 Å². The smallest absolute Gasteiger partial charge is 0.377 e. The second-order valence-corrected chi connectivity index (χ2v) is 7.03. The SMILES string of the molecule is Cc1cc(NC(=O)NCC2CCN(CC(F)(F)F)C2)c(C#N)cc1N(C)C. The Morgan fingerprint density at radius 2 is 2.11 bits per heavy atom. The van der Waals surface area contributed by atoms with Crippen molar-refractivity contribution in [2.75, 3.05) is 50.5 Å². The van der Waals surface area contributed by atoms with E-state index in [0.29, 0.717) is 30.8 Å². The number of aryl methyl sites for hydroxylation is 1. The second-order valence-electron chi connectivity index (χ2n) is 7.03. The Morgan fingerprint density at radius 3 is 2.70 bits per heavy atom. The fraction of sp³-hybridized carbons (Fsp3) is 0.556. The number of anilines is 2. The van der Waals surface area contributed by atoms with E-state index in [0.717, 1.165) is 11.3 Å². The van der Waals surface area contributed by atoms with E-state index in [1.165, 1.54) is 4.90 Å². The molecular weight excluding hydrogens is 359 g/mol. The zero-order valence-corrected chi connectivity index (χ0v) is 15.7. The first-order valence-electron chi connectivity index (χ1n) is 8.65. The van der Waals surface area contributed by atoms with Gasteiger partial charge in [-0.3, -0.25) is 4.90 Å². The van der Waals surface area contributed by atoms with E-state index < -0.39 is 18.8 Å². The summed E-state index contributed by atoms with van der Waals surface area (Å²) in [4.78, 5) is 15.4. The standard InChI is InChI=1S/C18H24F3N5O/c1-12-6-15(14(8-22)7-16(12)25(2)3)24-17(27)23-9-13-4-5-26(10-13)11-18(19,20)21/h6-7,13H,4-5,9-11H2,1-3H3,(H2,23,24,27). The number of carbonyl (C=O) groups excluding carboxylic acids is 1. The summed E-state index contributed by atoms with van der Waals surface area (Å²) in [5, 5.41) is 14.7. The lowest BCUT2D eigenvalue weighted by Crippen LogP contribution is -2.36. The first-order valence-corrected chi connectivity index (χ1v) is 8.65. The third-order valence-corrected chi connectivity index (χ3v) is 4.51. The molecule has 0 radical (unpaired) electrons. The van der Waals surface area contributed by atoms with E-state index >= 15 is 0 Å². The first-order chi connectivity index (χ1) is 12.6. The van der Waals surface area contributed by atoms with Gasteiger partial charge in [-0.2, -0.15) is 18.4 Å². The topological polar surface area (TPSA) is 71.4 Å². The molecule has 9 heteroatoms.